The van der Waals surface area contributed by atoms with Crippen molar-refractivity contribution in [3.8, 4) is 0 Å². The van der Waals surface area contributed by atoms with Gasteiger partial charge in [-0.05, 0) is 92.4 Å². The van der Waals surface area contributed by atoms with Gasteiger partial charge in [-0.15, -0.1) is 11.3 Å². The maximum Gasteiger partial charge on any atom is 0.227 e. The number of halogens is 1. The van der Waals surface area contributed by atoms with Crippen LogP contribution < -0.4 is 5.32 Å². The van der Waals surface area contributed by atoms with Crippen LogP contribution in [-0.2, 0) is 24.2 Å². The van der Waals surface area contributed by atoms with Crippen molar-refractivity contribution >= 4 is 22.9 Å². The lowest BCUT2D eigenvalue weighted by Gasteiger charge is -2.31. The zero-order valence-corrected chi connectivity index (χ0v) is 15.8. The lowest BCUT2D eigenvalue weighted by atomic mass is 9.93. The number of carbonyl (C=O) groups is 1. The van der Waals surface area contributed by atoms with E-state index in [9.17, 15) is 9.18 Å². The minimum atomic E-state index is -0.285. The van der Waals surface area contributed by atoms with Gasteiger partial charge in [0, 0.05) is 23.0 Å². The van der Waals surface area contributed by atoms with E-state index in [1.54, 1.807) is 22.6 Å². The predicted octanol–water partition coefficient (Wildman–Crippen LogP) is 4.62. The third-order valence-electron chi connectivity index (χ3n) is 5.61. The van der Waals surface area contributed by atoms with Crippen molar-refractivity contribution in [2.75, 3.05) is 18.4 Å². The van der Waals surface area contributed by atoms with Crippen LogP contribution in [0.2, 0.25) is 0 Å². The van der Waals surface area contributed by atoms with Crippen LogP contribution in [0, 0.1) is 11.7 Å². The molecule has 1 aliphatic carbocycles. The maximum atomic E-state index is 13.0. The number of thiophene rings is 1. The summed E-state index contributed by atoms with van der Waals surface area (Å²) in [5.74, 6) is -0.177. The minimum Gasteiger partial charge on any atom is -0.326 e. The molecule has 0 radical (unpaired) electrons. The number of nitrogens with one attached hydrogen (secondary N) is 1. The topological polar surface area (TPSA) is 32.3 Å². The zero-order valence-electron chi connectivity index (χ0n) is 15.0. The molecule has 0 spiro atoms. The van der Waals surface area contributed by atoms with Gasteiger partial charge in [0.25, 0.3) is 0 Å². The van der Waals surface area contributed by atoms with Gasteiger partial charge < -0.3 is 5.32 Å². The van der Waals surface area contributed by atoms with Gasteiger partial charge in [-0.3, -0.25) is 9.69 Å². The Hall–Kier alpha value is -1.72. The van der Waals surface area contributed by atoms with Crippen molar-refractivity contribution in [3.63, 3.8) is 0 Å². The molecule has 1 amide bonds. The van der Waals surface area contributed by atoms with Gasteiger partial charge in [0.05, 0.1) is 0 Å². The Morgan fingerprint density at radius 3 is 2.65 bits per heavy atom. The van der Waals surface area contributed by atoms with Crippen LogP contribution in [0.4, 0.5) is 10.1 Å². The Bertz CT molecular complexity index is 763. The average Bonchev–Trinajstić information content (AvgIpc) is 3.07. The summed E-state index contributed by atoms with van der Waals surface area (Å²) < 4.78 is 13.0. The highest BCUT2D eigenvalue weighted by Gasteiger charge is 2.26. The molecule has 3 nitrogen and oxygen atoms in total. The number of piperidine rings is 1. The summed E-state index contributed by atoms with van der Waals surface area (Å²) in [5, 5.41) is 5.27. The Morgan fingerprint density at radius 1 is 1.15 bits per heavy atom. The van der Waals surface area contributed by atoms with Gasteiger partial charge in [-0.1, -0.05) is 0 Å². The molecule has 1 saturated heterocycles. The van der Waals surface area contributed by atoms with Crippen LogP contribution >= 0.6 is 11.3 Å². The second kappa shape index (κ2) is 7.89. The Kier molecular flexibility index (Phi) is 5.36. The van der Waals surface area contributed by atoms with E-state index in [0.717, 1.165) is 32.5 Å². The number of amides is 1. The van der Waals surface area contributed by atoms with E-state index in [1.807, 2.05) is 11.3 Å². The molecule has 138 valence electrons. The number of aryl methyl sites for hydroxylation is 1. The summed E-state index contributed by atoms with van der Waals surface area (Å²) in [6.07, 6.45) is 6.93. The predicted molar refractivity (Wildman–Crippen MR) is 104 cm³/mol. The molecule has 0 unspecified atom stereocenters. The molecule has 2 aromatic rings. The smallest absolute Gasteiger partial charge is 0.227 e. The quantitative estimate of drug-likeness (QED) is 0.849. The Labute approximate surface area is 158 Å². The molecule has 0 atom stereocenters. The van der Waals surface area contributed by atoms with E-state index in [0.29, 0.717) is 5.69 Å². The van der Waals surface area contributed by atoms with Crippen LogP contribution in [0.3, 0.4) is 0 Å². The molecule has 1 fully saturated rings. The molecule has 1 aromatic carbocycles. The fourth-order valence-corrected chi connectivity index (χ4v) is 5.20. The number of likely N-dealkylation sites (tertiary alicyclic amines) is 1. The molecule has 26 heavy (non-hydrogen) atoms. The molecule has 2 heterocycles. The number of anilines is 1. The van der Waals surface area contributed by atoms with E-state index >= 15 is 0 Å². The summed E-state index contributed by atoms with van der Waals surface area (Å²) in [6.45, 7) is 2.95. The minimum absolute atomic E-state index is 0.0488. The van der Waals surface area contributed by atoms with Crippen molar-refractivity contribution < 1.29 is 9.18 Å². The van der Waals surface area contributed by atoms with Crippen molar-refractivity contribution in [3.05, 3.63) is 51.5 Å². The number of hydrogen-bond acceptors (Lipinski definition) is 3. The van der Waals surface area contributed by atoms with E-state index in [2.05, 4.69) is 15.6 Å². The van der Waals surface area contributed by atoms with Gasteiger partial charge >= 0.3 is 0 Å². The molecule has 0 bridgehead atoms. The standard InChI is InChI=1S/C21H25FN2OS/c22-17-5-7-18(8-6-17)23-21(25)15-9-11-24(12-10-15)13-16-14-26-20-4-2-1-3-19(16)20/h5-8,14-15H,1-4,9-13H2,(H,23,25). The molecule has 1 N–H and O–H groups in total. The van der Waals surface area contributed by atoms with Crippen molar-refractivity contribution in [1.82, 2.24) is 4.90 Å². The Balaban J connectivity index is 1.29. The molecule has 0 saturated carbocycles. The lowest BCUT2D eigenvalue weighted by molar-refractivity contribution is -0.121. The summed E-state index contributed by atoms with van der Waals surface area (Å²) in [5.41, 5.74) is 3.79. The first-order valence-electron chi connectivity index (χ1n) is 9.56. The summed E-state index contributed by atoms with van der Waals surface area (Å²) in [7, 11) is 0. The summed E-state index contributed by atoms with van der Waals surface area (Å²) in [6, 6.07) is 5.98. The first-order valence-corrected chi connectivity index (χ1v) is 10.4. The molecule has 4 rings (SSSR count). The molecule has 1 aliphatic heterocycles. The Morgan fingerprint density at radius 2 is 1.88 bits per heavy atom. The van der Waals surface area contributed by atoms with Gasteiger partial charge in [-0.25, -0.2) is 4.39 Å². The summed E-state index contributed by atoms with van der Waals surface area (Å²) in [4.78, 5) is 16.5. The second-order valence-electron chi connectivity index (χ2n) is 7.42. The van der Waals surface area contributed by atoms with Gasteiger partial charge in [0.15, 0.2) is 0 Å². The number of hydrogen-bond donors (Lipinski definition) is 1. The fourth-order valence-electron chi connectivity index (χ4n) is 4.07. The first kappa shape index (κ1) is 17.7. The number of nitrogens with zero attached hydrogens (tertiary/aromatic N) is 1. The molecule has 2 aliphatic rings. The highest BCUT2D eigenvalue weighted by molar-refractivity contribution is 7.10. The van der Waals surface area contributed by atoms with Crippen LogP contribution in [0.1, 0.15) is 41.7 Å². The normalized spacial score (nSPS) is 18.5. The van der Waals surface area contributed by atoms with Gasteiger partial charge in [-0.2, -0.15) is 0 Å². The van der Waals surface area contributed by atoms with Crippen molar-refractivity contribution in [2.24, 2.45) is 5.92 Å². The largest absolute Gasteiger partial charge is 0.326 e. The number of carbonyl (C=O) groups excluding carboxylic acids is 1. The average molecular weight is 373 g/mol. The van der Waals surface area contributed by atoms with Crippen LogP contribution in [0.15, 0.2) is 29.6 Å². The number of rotatable bonds is 4. The number of benzene rings is 1. The highest BCUT2D eigenvalue weighted by atomic mass is 32.1. The number of fused-ring (bicyclic) bond motifs is 1. The SMILES string of the molecule is O=C(Nc1ccc(F)cc1)C1CCN(Cc2csc3c2CCCC3)CC1. The van der Waals surface area contributed by atoms with Crippen LogP contribution in [-0.4, -0.2) is 23.9 Å². The maximum absolute atomic E-state index is 13.0. The summed E-state index contributed by atoms with van der Waals surface area (Å²) >= 11 is 1.93. The van der Waals surface area contributed by atoms with Crippen molar-refractivity contribution in [1.29, 1.82) is 0 Å². The van der Waals surface area contributed by atoms with E-state index in [4.69, 9.17) is 0 Å². The van der Waals surface area contributed by atoms with E-state index < -0.39 is 0 Å². The highest BCUT2D eigenvalue weighted by Crippen LogP contribution is 2.31. The molecular formula is C21H25FN2OS. The van der Waals surface area contributed by atoms with Gasteiger partial charge in [0.2, 0.25) is 5.91 Å². The monoisotopic (exact) mass is 372 g/mol. The van der Waals surface area contributed by atoms with E-state index in [-0.39, 0.29) is 17.6 Å². The van der Waals surface area contributed by atoms with Crippen LogP contribution in [0.25, 0.3) is 0 Å². The first-order chi connectivity index (χ1) is 12.7. The van der Waals surface area contributed by atoms with E-state index in [1.165, 1.54) is 43.4 Å². The second-order valence-corrected chi connectivity index (χ2v) is 8.38. The molecule has 1 aromatic heterocycles. The molecular weight excluding hydrogens is 347 g/mol. The molecule has 5 heteroatoms. The lowest BCUT2D eigenvalue weighted by Crippen LogP contribution is -2.37. The van der Waals surface area contributed by atoms with Gasteiger partial charge in [0.1, 0.15) is 5.82 Å². The third-order valence-corrected chi connectivity index (χ3v) is 6.75. The van der Waals surface area contributed by atoms with Crippen molar-refractivity contribution in [2.45, 2.75) is 45.1 Å². The fraction of sp³-hybridized carbons (Fsp3) is 0.476. The zero-order chi connectivity index (χ0) is 17.9. The van der Waals surface area contributed by atoms with Crippen LogP contribution in [0.5, 0.6) is 0 Å². The third kappa shape index (κ3) is 3.99.